The summed E-state index contributed by atoms with van der Waals surface area (Å²) in [6.07, 6.45) is 0. The molecule has 0 amide bonds. The Hall–Kier alpha value is -2.61. The van der Waals surface area contributed by atoms with Gasteiger partial charge in [-0.15, -0.1) is 0 Å². The first kappa shape index (κ1) is 13.4. The van der Waals surface area contributed by atoms with Crippen molar-refractivity contribution in [1.82, 2.24) is 9.97 Å². The van der Waals surface area contributed by atoms with E-state index in [4.69, 9.17) is 5.26 Å². The predicted octanol–water partition coefficient (Wildman–Crippen LogP) is 2.27. The molecule has 0 spiro atoms. The van der Waals surface area contributed by atoms with Gasteiger partial charge in [0.05, 0.1) is 17.7 Å². The molecule has 1 fully saturated rings. The van der Waals surface area contributed by atoms with Crippen LogP contribution in [0, 0.1) is 25.2 Å². The predicted molar refractivity (Wildman–Crippen MR) is 82.3 cm³/mol. The summed E-state index contributed by atoms with van der Waals surface area (Å²) < 4.78 is 0. The van der Waals surface area contributed by atoms with Crippen LogP contribution in [-0.2, 0) is 0 Å². The van der Waals surface area contributed by atoms with Gasteiger partial charge < -0.3 is 10.2 Å². The lowest BCUT2D eigenvalue weighted by Gasteiger charge is -2.40. The second-order valence-electron chi connectivity index (χ2n) is 5.39. The van der Waals surface area contributed by atoms with Gasteiger partial charge in [0.25, 0.3) is 0 Å². The number of nitrogens with one attached hydrogen (secondary N) is 1. The lowest BCUT2D eigenvalue weighted by Crippen LogP contribution is -2.55. The highest BCUT2D eigenvalue weighted by Crippen LogP contribution is 2.21. The molecule has 5 heteroatoms. The third-order valence-corrected chi connectivity index (χ3v) is 3.50. The monoisotopic (exact) mass is 279 g/mol. The molecule has 1 aromatic heterocycles. The number of hydrogen-bond donors (Lipinski definition) is 1. The summed E-state index contributed by atoms with van der Waals surface area (Å²) in [7, 11) is 0. The first-order valence-corrected chi connectivity index (χ1v) is 6.98. The van der Waals surface area contributed by atoms with Crippen LogP contribution in [0.4, 0.5) is 11.6 Å². The van der Waals surface area contributed by atoms with Gasteiger partial charge in [-0.3, -0.25) is 0 Å². The van der Waals surface area contributed by atoms with Gasteiger partial charge in [0, 0.05) is 30.2 Å². The maximum absolute atomic E-state index is 8.91. The number of hydrogen-bond acceptors (Lipinski definition) is 5. The van der Waals surface area contributed by atoms with E-state index in [2.05, 4.69) is 26.3 Å². The Morgan fingerprint density at radius 2 is 1.90 bits per heavy atom. The molecule has 3 rings (SSSR count). The quantitative estimate of drug-likeness (QED) is 0.933. The van der Waals surface area contributed by atoms with Crippen LogP contribution >= 0.6 is 0 Å². The van der Waals surface area contributed by atoms with E-state index in [-0.39, 0.29) is 0 Å². The van der Waals surface area contributed by atoms with Crippen LogP contribution in [-0.4, -0.2) is 29.1 Å². The maximum atomic E-state index is 8.91. The summed E-state index contributed by atoms with van der Waals surface area (Å²) in [5.41, 5.74) is 3.65. The Labute approximate surface area is 124 Å². The zero-order chi connectivity index (χ0) is 14.8. The van der Waals surface area contributed by atoms with Crippen molar-refractivity contribution in [2.45, 2.75) is 19.9 Å². The third kappa shape index (κ3) is 2.95. The van der Waals surface area contributed by atoms with Crippen molar-refractivity contribution in [3.05, 3.63) is 47.3 Å². The van der Waals surface area contributed by atoms with Crippen molar-refractivity contribution < 1.29 is 0 Å². The Morgan fingerprint density at radius 1 is 1.19 bits per heavy atom. The molecule has 5 nitrogen and oxygen atoms in total. The van der Waals surface area contributed by atoms with Crippen molar-refractivity contribution >= 4 is 11.6 Å². The Kier molecular flexibility index (Phi) is 3.44. The van der Waals surface area contributed by atoms with Crippen molar-refractivity contribution in [2.75, 3.05) is 23.3 Å². The van der Waals surface area contributed by atoms with E-state index in [0.717, 1.165) is 36.1 Å². The second kappa shape index (κ2) is 5.41. The second-order valence-corrected chi connectivity index (χ2v) is 5.39. The molecular weight excluding hydrogens is 262 g/mol. The van der Waals surface area contributed by atoms with Crippen LogP contribution in [0.25, 0.3) is 0 Å². The minimum Gasteiger partial charge on any atom is -0.379 e. The molecule has 0 saturated carbocycles. The molecule has 0 unspecified atom stereocenters. The lowest BCUT2D eigenvalue weighted by atomic mass is 10.1. The van der Waals surface area contributed by atoms with E-state index in [1.165, 1.54) is 0 Å². The van der Waals surface area contributed by atoms with E-state index in [0.29, 0.717) is 11.6 Å². The molecule has 0 aliphatic carbocycles. The molecule has 2 heterocycles. The van der Waals surface area contributed by atoms with Gasteiger partial charge in [0.15, 0.2) is 0 Å². The van der Waals surface area contributed by atoms with Crippen molar-refractivity contribution in [1.29, 1.82) is 5.26 Å². The van der Waals surface area contributed by atoms with E-state index >= 15 is 0 Å². The average molecular weight is 279 g/mol. The Bertz CT molecular complexity index is 678. The molecule has 106 valence electrons. The summed E-state index contributed by atoms with van der Waals surface area (Å²) in [6.45, 7) is 5.72. The highest BCUT2D eigenvalue weighted by Gasteiger charge is 2.28. The van der Waals surface area contributed by atoms with Crippen molar-refractivity contribution in [3.8, 4) is 6.07 Å². The summed E-state index contributed by atoms with van der Waals surface area (Å²) in [5.74, 6) is 0.802. The van der Waals surface area contributed by atoms with Gasteiger partial charge >= 0.3 is 0 Å². The molecule has 0 atom stereocenters. The van der Waals surface area contributed by atoms with Gasteiger partial charge in [0.1, 0.15) is 0 Å². The van der Waals surface area contributed by atoms with E-state index in [9.17, 15) is 0 Å². The average Bonchev–Trinajstić information content (AvgIpc) is 2.41. The number of rotatable bonds is 3. The summed E-state index contributed by atoms with van der Waals surface area (Å²) in [4.78, 5) is 11.1. The fraction of sp³-hybridized carbons (Fsp3) is 0.312. The topological polar surface area (TPSA) is 64.8 Å². The van der Waals surface area contributed by atoms with Gasteiger partial charge in [-0.2, -0.15) is 5.26 Å². The summed E-state index contributed by atoms with van der Waals surface area (Å²) in [5, 5.41) is 12.3. The van der Waals surface area contributed by atoms with E-state index in [1.807, 2.05) is 44.2 Å². The van der Waals surface area contributed by atoms with Crippen LogP contribution in [0.15, 0.2) is 30.3 Å². The zero-order valence-corrected chi connectivity index (χ0v) is 12.2. The number of nitrogens with zero attached hydrogens (tertiary/aromatic N) is 4. The maximum Gasteiger partial charge on any atom is 0.225 e. The van der Waals surface area contributed by atoms with Gasteiger partial charge in [-0.25, -0.2) is 9.97 Å². The molecule has 1 aliphatic heterocycles. The minimum absolute atomic E-state index is 0.364. The van der Waals surface area contributed by atoms with E-state index < -0.39 is 0 Å². The molecule has 0 bridgehead atoms. The van der Waals surface area contributed by atoms with Crippen LogP contribution in [0.3, 0.4) is 0 Å². The molecule has 1 aliphatic rings. The summed E-state index contributed by atoms with van der Waals surface area (Å²) >= 11 is 0. The standard InChI is InChI=1S/C16H17N5/c1-11-6-12(2)19-16(18-11)21-9-15(10-21)20-14-5-3-4-13(7-14)8-17/h3-7,15,20H,9-10H2,1-2H3. The first-order chi connectivity index (χ1) is 10.1. The fourth-order valence-electron chi connectivity index (χ4n) is 2.50. The number of aromatic nitrogens is 2. The Morgan fingerprint density at radius 3 is 2.57 bits per heavy atom. The molecule has 1 aromatic carbocycles. The molecule has 1 N–H and O–H groups in total. The number of benzene rings is 1. The number of nitriles is 1. The molecule has 0 radical (unpaired) electrons. The van der Waals surface area contributed by atoms with Crippen molar-refractivity contribution in [2.24, 2.45) is 0 Å². The van der Waals surface area contributed by atoms with Crippen LogP contribution in [0.1, 0.15) is 17.0 Å². The van der Waals surface area contributed by atoms with Crippen LogP contribution < -0.4 is 10.2 Å². The lowest BCUT2D eigenvalue weighted by molar-refractivity contribution is 0.537. The fourth-order valence-corrected chi connectivity index (χ4v) is 2.50. The highest BCUT2D eigenvalue weighted by atomic mass is 15.3. The summed E-state index contributed by atoms with van der Waals surface area (Å²) in [6, 6.07) is 12.1. The van der Waals surface area contributed by atoms with Gasteiger partial charge in [-0.05, 0) is 38.1 Å². The largest absolute Gasteiger partial charge is 0.379 e. The molecule has 2 aromatic rings. The molecule has 1 saturated heterocycles. The van der Waals surface area contributed by atoms with Gasteiger partial charge in [-0.1, -0.05) is 6.07 Å². The van der Waals surface area contributed by atoms with Gasteiger partial charge in [0.2, 0.25) is 5.95 Å². The third-order valence-electron chi connectivity index (χ3n) is 3.50. The number of aryl methyl sites for hydroxylation is 2. The Balaban J connectivity index is 1.62. The SMILES string of the molecule is Cc1cc(C)nc(N2CC(Nc3cccc(C#N)c3)C2)n1. The first-order valence-electron chi connectivity index (χ1n) is 6.98. The zero-order valence-electron chi connectivity index (χ0n) is 12.2. The minimum atomic E-state index is 0.364. The van der Waals surface area contributed by atoms with E-state index in [1.54, 1.807) is 0 Å². The smallest absolute Gasteiger partial charge is 0.225 e. The molecular formula is C16H17N5. The normalized spacial score (nSPS) is 14.4. The van der Waals surface area contributed by atoms with Crippen LogP contribution in [0.2, 0.25) is 0 Å². The van der Waals surface area contributed by atoms with Crippen molar-refractivity contribution in [3.63, 3.8) is 0 Å². The highest BCUT2D eigenvalue weighted by molar-refractivity contribution is 5.52. The molecule has 21 heavy (non-hydrogen) atoms. The number of anilines is 2. The van der Waals surface area contributed by atoms with Crippen LogP contribution in [0.5, 0.6) is 0 Å².